The number of ether oxygens (including phenoxy) is 1. The maximum atomic E-state index is 14.6. The number of carbonyl (C=O) groups excluding carboxylic acids is 1. The van der Waals surface area contributed by atoms with Gasteiger partial charge in [-0.15, -0.1) is 0 Å². The number of halogens is 2. The fourth-order valence-electron chi connectivity index (χ4n) is 3.54. The molecule has 2 atom stereocenters. The van der Waals surface area contributed by atoms with E-state index < -0.39 is 0 Å². The van der Waals surface area contributed by atoms with Gasteiger partial charge in [0.15, 0.2) is 0 Å². The number of hydrogen-bond donors (Lipinski definition) is 2. The van der Waals surface area contributed by atoms with Crippen LogP contribution in [0.4, 0.5) is 4.39 Å². The SMILES string of the molecule is CC1COc2c1cc(C(CN)c1ccccc1)nc2-c1cc(Cl)ccc1F.NC=O. The third kappa shape index (κ3) is 4.45. The molecular formula is C23H23ClFN3O2. The van der Waals surface area contributed by atoms with E-state index >= 15 is 0 Å². The molecule has 1 aromatic heterocycles. The van der Waals surface area contributed by atoms with Crippen LogP contribution in [0.15, 0.2) is 54.6 Å². The molecule has 2 aromatic carbocycles. The van der Waals surface area contributed by atoms with E-state index in [1.807, 2.05) is 36.4 Å². The van der Waals surface area contributed by atoms with E-state index in [2.05, 4.69) is 12.7 Å². The van der Waals surface area contributed by atoms with E-state index in [-0.39, 0.29) is 24.1 Å². The molecule has 0 bridgehead atoms. The molecule has 3 aromatic rings. The van der Waals surface area contributed by atoms with Crippen molar-refractivity contribution in [3.63, 3.8) is 0 Å². The van der Waals surface area contributed by atoms with Gasteiger partial charge in [-0.3, -0.25) is 4.79 Å². The van der Waals surface area contributed by atoms with E-state index in [0.717, 1.165) is 16.8 Å². The maximum absolute atomic E-state index is 14.6. The van der Waals surface area contributed by atoms with Crippen LogP contribution in [0.3, 0.4) is 0 Å². The summed E-state index contributed by atoms with van der Waals surface area (Å²) in [4.78, 5) is 13.4. The van der Waals surface area contributed by atoms with Crippen molar-refractivity contribution in [3.8, 4) is 17.0 Å². The standard InChI is InChI=1S/C22H20ClFN2O.CH3NO/c1-13-12-27-22-16(13)10-20(18(11-25)14-5-3-2-4-6-14)26-21(22)17-9-15(23)7-8-19(17)24;2-1-3/h2-10,13,18H,11-12,25H2,1H3;1H,(H2,2,3). The lowest BCUT2D eigenvalue weighted by molar-refractivity contribution is -0.106. The minimum absolute atomic E-state index is 0.0784. The zero-order chi connectivity index (χ0) is 21.7. The number of nitrogens with two attached hydrogens (primary N) is 2. The number of carbonyl (C=O) groups is 1. The van der Waals surface area contributed by atoms with E-state index in [4.69, 9.17) is 31.8 Å². The van der Waals surface area contributed by atoms with Crippen LogP contribution in [0.25, 0.3) is 11.3 Å². The zero-order valence-corrected chi connectivity index (χ0v) is 17.3. The average Bonchev–Trinajstić information content (AvgIpc) is 3.12. The van der Waals surface area contributed by atoms with Crippen LogP contribution in [0.1, 0.15) is 35.6 Å². The van der Waals surface area contributed by atoms with Crippen molar-refractivity contribution >= 4 is 18.0 Å². The summed E-state index contributed by atoms with van der Waals surface area (Å²) in [5.74, 6) is 0.386. The molecule has 0 aliphatic carbocycles. The van der Waals surface area contributed by atoms with Gasteiger partial charge in [0.2, 0.25) is 6.41 Å². The largest absolute Gasteiger partial charge is 0.490 e. The van der Waals surface area contributed by atoms with Gasteiger partial charge < -0.3 is 16.2 Å². The van der Waals surface area contributed by atoms with Crippen molar-refractivity contribution in [3.05, 3.63) is 82.3 Å². The highest BCUT2D eigenvalue weighted by Gasteiger charge is 2.29. The Morgan fingerprint density at radius 3 is 2.63 bits per heavy atom. The highest BCUT2D eigenvalue weighted by molar-refractivity contribution is 6.30. The summed E-state index contributed by atoms with van der Waals surface area (Å²) in [6.07, 6.45) is 0.250. The molecule has 2 heterocycles. The molecule has 1 aliphatic rings. The Hall–Kier alpha value is -2.96. The number of hydrogen-bond acceptors (Lipinski definition) is 4. The predicted molar refractivity (Wildman–Crippen MR) is 116 cm³/mol. The Morgan fingerprint density at radius 1 is 1.27 bits per heavy atom. The van der Waals surface area contributed by atoms with Gasteiger partial charge >= 0.3 is 0 Å². The molecule has 4 rings (SSSR count). The second-order valence-electron chi connectivity index (χ2n) is 6.99. The first kappa shape index (κ1) is 21.7. The molecule has 0 saturated carbocycles. The van der Waals surface area contributed by atoms with Gasteiger partial charge in [0.05, 0.1) is 12.3 Å². The number of amides is 1. The molecule has 0 radical (unpaired) electrons. The molecule has 0 spiro atoms. The summed E-state index contributed by atoms with van der Waals surface area (Å²) < 4.78 is 20.4. The number of nitrogens with zero attached hydrogens (tertiary/aromatic N) is 1. The van der Waals surface area contributed by atoms with Crippen molar-refractivity contribution in [2.75, 3.05) is 13.2 Å². The van der Waals surface area contributed by atoms with Crippen LogP contribution in [0.5, 0.6) is 5.75 Å². The predicted octanol–water partition coefficient (Wildman–Crippen LogP) is 4.23. The number of rotatable bonds is 4. The van der Waals surface area contributed by atoms with E-state index in [1.54, 1.807) is 6.07 Å². The maximum Gasteiger partial charge on any atom is 0.204 e. The number of aromatic nitrogens is 1. The van der Waals surface area contributed by atoms with Gasteiger partial charge in [0.25, 0.3) is 0 Å². The Kier molecular flexibility index (Phi) is 7.03. The second-order valence-corrected chi connectivity index (χ2v) is 7.42. The number of fused-ring (bicyclic) bond motifs is 1. The smallest absolute Gasteiger partial charge is 0.204 e. The quantitative estimate of drug-likeness (QED) is 0.609. The molecule has 30 heavy (non-hydrogen) atoms. The molecule has 1 amide bonds. The fraction of sp³-hybridized carbons (Fsp3) is 0.217. The van der Waals surface area contributed by atoms with Crippen molar-refractivity contribution < 1.29 is 13.9 Å². The van der Waals surface area contributed by atoms with Crippen LogP contribution in [0, 0.1) is 5.82 Å². The van der Waals surface area contributed by atoms with Crippen LogP contribution >= 0.6 is 11.6 Å². The molecule has 7 heteroatoms. The van der Waals surface area contributed by atoms with Gasteiger partial charge in [-0.25, -0.2) is 9.37 Å². The van der Waals surface area contributed by atoms with Crippen molar-refractivity contribution in [1.82, 2.24) is 4.98 Å². The van der Waals surface area contributed by atoms with Gasteiger partial charge in [-0.05, 0) is 29.8 Å². The van der Waals surface area contributed by atoms with E-state index in [9.17, 15) is 4.39 Å². The minimum Gasteiger partial charge on any atom is -0.490 e. The van der Waals surface area contributed by atoms with E-state index in [0.29, 0.717) is 35.2 Å². The summed E-state index contributed by atoms with van der Waals surface area (Å²) in [6.45, 7) is 3.05. The molecule has 2 unspecified atom stereocenters. The minimum atomic E-state index is -0.376. The van der Waals surface area contributed by atoms with Crippen molar-refractivity contribution in [1.29, 1.82) is 0 Å². The zero-order valence-electron chi connectivity index (χ0n) is 16.5. The van der Waals surface area contributed by atoms with Crippen molar-refractivity contribution in [2.24, 2.45) is 11.5 Å². The number of pyridine rings is 1. The summed E-state index contributed by atoms with van der Waals surface area (Å²) >= 11 is 6.12. The van der Waals surface area contributed by atoms with Crippen LogP contribution < -0.4 is 16.2 Å². The topological polar surface area (TPSA) is 91.2 Å². The third-order valence-electron chi connectivity index (χ3n) is 5.01. The van der Waals surface area contributed by atoms with Crippen LogP contribution in [0.2, 0.25) is 5.02 Å². The molecule has 156 valence electrons. The molecule has 0 fully saturated rings. The molecular weight excluding hydrogens is 405 g/mol. The first-order valence-corrected chi connectivity index (χ1v) is 9.91. The second kappa shape index (κ2) is 9.69. The van der Waals surface area contributed by atoms with Crippen LogP contribution in [-0.4, -0.2) is 24.5 Å². The monoisotopic (exact) mass is 427 g/mol. The summed E-state index contributed by atoms with van der Waals surface area (Å²) in [5, 5.41) is 0.455. The highest BCUT2D eigenvalue weighted by Crippen LogP contribution is 2.43. The lowest BCUT2D eigenvalue weighted by Crippen LogP contribution is -2.16. The van der Waals surface area contributed by atoms with Gasteiger partial charge in [0, 0.05) is 34.5 Å². The summed E-state index contributed by atoms with van der Waals surface area (Å²) in [5.41, 5.74) is 14.0. The molecule has 4 N–H and O–H groups in total. The fourth-order valence-corrected chi connectivity index (χ4v) is 3.71. The number of benzene rings is 2. The average molecular weight is 428 g/mol. The molecule has 5 nitrogen and oxygen atoms in total. The highest BCUT2D eigenvalue weighted by atomic mass is 35.5. The molecule has 0 saturated heterocycles. The van der Waals surface area contributed by atoms with Gasteiger partial charge in [0.1, 0.15) is 17.3 Å². The third-order valence-corrected chi connectivity index (χ3v) is 5.24. The Morgan fingerprint density at radius 2 is 1.97 bits per heavy atom. The lowest BCUT2D eigenvalue weighted by atomic mass is 9.91. The van der Waals surface area contributed by atoms with Crippen LogP contribution in [-0.2, 0) is 4.79 Å². The number of primary amides is 1. The van der Waals surface area contributed by atoms with E-state index in [1.165, 1.54) is 12.1 Å². The first-order valence-electron chi connectivity index (χ1n) is 9.53. The normalized spacial score (nSPS) is 15.4. The van der Waals surface area contributed by atoms with Gasteiger partial charge in [-0.1, -0.05) is 48.9 Å². The lowest BCUT2D eigenvalue weighted by Gasteiger charge is -2.18. The van der Waals surface area contributed by atoms with Crippen molar-refractivity contribution in [2.45, 2.75) is 18.8 Å². The Labute approximate surface area is 179 Å². The summed E-state index contributed by atoms with van der Waals surface area (Å²) in [6, 6.07) is 16.5. The Balaban J connectivity index is 0.000000806. The summed E-state index contributed by atoms with van der Waals surface area (Å²) in [7, 11) is 0. The van der Waals surface area contributed by atoms with Gasteiger partial charge in [-0.2, -0.15) is 0 Å². The Bertz CT molecular complexity index is 1030. The molecule has 1 aliphatic heterocycles. The first-order chi connectivity index (χ1) is 14.5.